The molecular formula is C21H25FN4O2S. The number of hydrogen-bond acceptors (Lipinski definition) is 4. The predicted octanol–water partition coefficient (Wildman–Crippen LogP) is 3.72. The number of carbonyl (C=O) groups is 2. The number of piperidine rings is 1. The topological polar surface area (TPSA) is 74.3 Å². The van der Waals surface area contributed by atoms with Gasteiger partial charge in [-0.05, 0) is 56.2 Å². The molecule has 0 bridgehead atoms. The largest absolute Gasteiger partial charge is 0.352 e. The Morgan fingerprint density at radius 2 is 1.86 bits per heavy atom. The predicted molar refractivity (Wildman–Crippen MR) is 110 cm³/mol. The molecule has 0 atom stereocenters. The highest BCUT2D eigenvalue weighted by molar-refractivity contribution is 7.15. The van der Waals surface area contributed by atoms with Gasteiger partial charge in [0.2, 0.25) is 5.91 Å². The lowest BCUT2D eigenvalue weighted by molar-refractivity contribution is -0.126. The number of urea groups is 1. The van der Waals surface area contributed by atoms with E-state index in [1.54, 1.807) is 28.4 Å². The van der Waals surface area contributed by atoms with Crippen LogP contribution in [0.3, 0.4) is 0 Å². The van der Waals surface area contributed by atoms with E-state index in [-0.39, 0.29) is 23.7 Å². The van der Waals surface area contributed by atoms with Crippen LogP contribution in [0.2, 0.25) is 0 Å². The second-order valence-electron chi connectivity index (χ2n) is 7.63. The van der Waals surface area contributed by atoms with Crippen LogP contribution in [0.4, 0.5) is 14.3 Å². The zero-order chi connectivity index (χ0) is 20.2. The molecule has 1 fully saturated rings. The maximum Gasteiger partial charge on any atom is 0.323 e. The van der Waals surface area contributed by atoms with Crippen molar-refractivity contribution in [1.29, 1.82) is 0 Å². The van der Waals surface area contributed by atoms with Crippen molar-refractivity contribution >= 4 is 28.4 Å². The zero-order valence-corrected chi connectivity index (χ0v) is 17.1. The molecular weight excluding hydrogens is 391 g/mol. The number of rotatable bonds is 4. The number of nitrogens with one attached hydrogen (secondary N) is 2. The van der Waals surface area contributed by atoms with E-state index in [1.807, 2.05) is 0 Å². The molecule has 2 aliphatic rings. The Bertz CT molecular complexity index is 852. The normalized spacial score (nSPS) is 16.9. The number of aryl methyl sites for hydroxylation is 2. The Kier molecular flexibility index (Phi) is 6.08. The Morgan fingerprint density at radius 1 is 1.14 bits per heavy atom. The molecule has 29 heavy (non-hydrogen) atoms. The summed E-state index contributed by atoms with van der Waals surface area (Å²) in [6.07, 6.45) is 5.69. The summed E-state index contributed by atoms with van der Waals surface area (Å²) >= 11 is 1.58. The monoisotopic (exact) mass is 416 g/mol. The summed E-state index contributed by atoms with van der Waals surface area (Å²) in [5, 5.41) is 6.52. The van der Waals surface area contributed by atoms with Crippen molar-refractivity contribution in [3.8, 4) is 0 Å². The first-order valence-corrected chi connectivity index (χ1v) is 11.0. The summed E-state index contributed by atoms with van der Waals surface area (Å²) in [4.78, 5) is 32.6. The van der Waals surface area contributed by atoms with Gasteiger partial charge >= 0.3 is 6.03 Å². The number of anilines is 1. The molecule has 0 spiro atoms. The Morgan fingerprint density at radius 3 is 2.59 bits per heavy atom. The molecule has 1 saturated heterocycles. The maximum atomic E-state index is 12.9. The van der Waals surface area contributed by atoms with Gasteiger partial charge in [0, 0.05) is 30.4 Å². The molecule has 2 heterocycles. The fraction of sp³-hybridized carbons (Fsp3) is 0.476. The number of nitrogens with zero attached hydrogens (tertiary/aromatic N) is 2. The molecule has 8 heteroatoms. The molecule has 2 aromatic rings. The van der Waals surface area contributed by atoms with Crippen LogP contribution in [0.15, 0.2) is 24.3 Å². The summed E-state index contributed by atoms with van der Waals surface area (Å²) in [6.45, 7) is 1.48. The third-order valence-corrected chi connectivity index (χ3v) is 6.67. The van der Waals surface area contributed by atoms with Gasteiger partial charge in [0.05, 0.1) is 5.69 Å². The third-order valence-electron chi connectivity index (χ3n) is 5.59. The molecule has 2 N–H and O–H groups in total. The fourth-order valence-corrected chi connectivity index (χ4v) is 4.90. The van der Waals surface area contributed by atoms with Crippen LogP contribution in [-0.4, -0.2) is 34.9 Å². The van der Waals surface area contributed by atoms with E-state index in [9.17, 15) is 14.0 Å². The number of fused-ring (bicyclic) bond motifs is 1. The van der Waals surface area contributed by atoms with Crippen molar-refractivity contribution in [2.24, 2.45) is 5.92 Å². The molecule has 1 aromatic heterocycles. The average molecular weight is 417 g/mol. The van der Waals surface area contributed by atoms with E-state index in [4.69, 9.17) is 0 Å². The third kappa shape index (κ3) is 4.93. The van der Waals surface area contributed by atoms with Crippen molar-refractivity contribution in [2.75, 3.05) is 18.4 Å². The Hall–Kier alpha value is -2.48. The van der Waals surface area contributed by atoms with Gasteiger partial charge in [0.25, 0.3) is 0 Å². The summed E-state index contributed by atoms with van der Waals surface area (Å²) in [7, 11) is 0. The van der Waals surface area contributed by atoms with E-state index in [0.717, 1.165) is 24.1 Å². The summed E-state index contributed by atoms with van der Waals surface area (Å²) < 4.78 is 12.9. The van der Waals surface area contributed by atoms with Crippen molar-refractivity contribution in [2.45, 2.75) is 45.1 Å². The minimum absolute atomic E-state index is 0.0121. The SMILES string of the molecule is O=C(NCc1ccc(F)cc1)C1CCN(C(=O)Nc2nc3c(s2)CCCC3)CC1. The molecule has 154 valence electrons. The van der Waals surface area contributed by atoms with Gasteiger partial charge in [-0.1, -0.05) is 12.1 Å². The van der Waals surface area contributed by atoms with Gasteiger partial charge < -0.3 is 10.2 Å². The number of likely N-dealkylation sites (tertiary alicyclic amines) is 1. The molecule has 0 radical (unpaired) electrons. The number of thiazole rings is 1. The highest BCUT2D eigenvalue weighted by Crippen LogP contribution is 2.30. The Labute approximate surface area is 173 Å². The van der Waals surface area contributed by atoms with Crippen molar-refractivity contribution in [1.82, 2.24) is 15.2 Å². The fourth-order valence-electron chi connectivity index (χ4n) is 3.86. The van der Waals surface area contributed by atoms with Crippen molar-refractivity contribution in [3.63, 3.8) is 0 Å². The first kappa shape index (κ1) is 19.8. The van der Waals surface area contributed by atoms with Crippen LogP contribution in [0.5, 0.6) is 0 Å². The number of benzene rings is 1. The van der Waals surface area contributed by atoms with E-state index in [1.165, 1.54) is 29.9 Å². The van der Waals surface area contributed by atoms with Crippen molar-refractivity contribution < 1.29 is 14.0 Å². The highest BCUT2D eigenvalue weighted by Gasteiger charge is 2.28. The molecule has 3 amide bonds. The average Bonchev–Trinajstić information content (AvgIpc) is 3.15. The number of amides is 3. The number of halogens is 1. The minimum atomic E-state index is -0.288. The van der Waals surface area contributed by atoms with Crippen LogP contribution in [0.1, 0.15) is 41.8 Å². The molecule has 6 nitrogen and oxygen atoms in total. The number of hydrogen-bond donors (Lipinski definition) is 2. The molecule has 0 saturated carbocycles. The Balaban J connectivity index is 1.23. The minimum Gasteiger partial charge on any atom is -0.352 e. The second-order valence-corrected chi connectivity index (χ2v) is 8.72. The number of carbonyl (C=O) groups excluding carboxylic acids is 2. The first-order valence-electron chi connectivity index (χ1n) is 10.1. The van der Waals surface area contributed by atoms with Crippen LogP contribution in [0.25, 0.3) is 0 Å². The molecule has 4 rings (SSSR count). The molecule has 0 unspecified atom stereocenters. The van der Waals surface area contributed by atoms with E-state index in [0.29, 0.717) is 37.6 Å². The van der Waals surface area contributed by atoms with Crippen LogP contribution in [-0.2, 0) is 24.2 Å². The lowest BCUT2D eigenvalue weighted by Gasteiger charge is -2.31. The zero-order valence-electron chi connectivity index (χ0n) is 16.2. The quantitative estimate of drug-likeness (QED) is 0.798. The van der Waals surface area contributed by atoms with Gasteiger partial charge in [0.15, 0.2) is 5.13 Å². The summed E-state index contributed by atoms with van der Waals surface area (Å²) in [5.74, 6) is -0.405. The molecule has 1 aliphatic heterocycles. The number of aromatic nitrogens is 1. The highest BCUT2D eigenvalue weighted by atomic mass is 32.1. The molecule has 1 aromatic carbocycles. The van der Waals surface area contributed by atoms with Crippen LogP contribution >= 0.6 is 11.3 Å². The van der Waals surface area contributed by atoms with Crippen LogP contribution in [0, 0.1) is 11.7 Å². The second kappa shape index (κ2) is 8.90. The van der Waals surface area contributed by atoms with Crippen LogP contribution < -0.4 is 10.6 Å². The standard InChI is InChI=1S/C21H25FN4O2S/c22-16-7-5-14(6-8-16)13-23-19(27)15-9-11-26(12-10-15)21(28)25-20-24-17-3-1-2-4-18(17)29-20/h5-8,15H,1-4,9-13H2,(H,23,27)(H,24,25,28). The van der Waals surface area contributed by atoms with Gasteiger partial charge in [-0.3, -0.25) is 10.1 Å². The van der Waals surface area contributed by atoms with E-state index >= 15 is 0 Å². The van der Waals surface area contributed by atoms with Gasteiger partial charge in [-0.25, -0.2) is 14.2 Å². The van der Waals surface area contributed by atoms with E-state index < -0.39 is 0 Å². The van der Waals surface area contributed by atoms with Gasteiger partial charge in [-0.15, -0.1) is 11.3 Å². The van der Waals surface area contributed by atoms with Gasteiger partial charge in [0.1, 0.15) is 5.82 Å². The lowest BCUT2D eigenvalue weighted by Crippen LogP contribution is -2.44. The lowest BCUT2D eigenvalue weighted by atomic mass is 9.96. The smallest absolute Gasteiger partial charge is 0.323 e. The van der Waals surface area contributed by atoms with E-state index in [2.05, 4.69) is 15.6 Å². The summed E-state index contributed by atoms with van der Waals surface area (Å²) in [5.41, 5.74) is 2.00. The summed E-state index contributed by atoms with van der Waals surface area (Å²) in [6, 6.07) is 5.97. The first-order chi connectivity index (χ1) is 14.1. The van der Waals surface area contributed by atoms with Gasteiger partial charge in [-0.2, -0.15) is 0 Å². The maximum absolute atomic E-state index is 12.9. The molecule has 1 aliphatic carbocycles. The van der Waals surface area contributed by atoms with Crippen molar-refractivity contribution in [3.05, 3.63) is 46.2 Å².